The molecule has 1 heterocycles. The SMILES string of the molecule is Cc1ccc(N2C(=O)C(=O)/C(=C(/O)c3cc(C)ccc3C)C2c2ccc(O)cc2)cc1. The summed E-state index contributed by atoms with van der Waals surface area (Å²) in [6.45, 7) is 5.69. The van der Waals surface area contributed by atoms with Gasteiger partial charge in [0.25, 0.3) is 11.7 Å². The molecule has 1 saturated heterocycles. The van der Waals surface area contributed by atoms with E-state index >= 15 is 0 Å². The summed E-state index contributed by atoms with van der Waals surface area (Å²) in [6, 6.07) is 18.4. The number of aromatic hydroxyl groups is 1. The molecular formula is C26H23NO4. The Kier molecular flexibility index (Phi) is 5.11. The van der Waals surface area contributed by atoms with E-state index in [1.54, 1.807) is 30.3 Å². The van der Waals surface area contributed by atoms with Crippen molar-refractivity contribution in [2.24, 2.45) is 0 Å². The standard InChI is InChI=1S/C26H23NO4/c1-15-5-10-19(11-6-15)27-23(18-8-12-20(28)13-9-18)22(25(30)26(27)31)24(29)21-14-16(2)4-7-17(21)3/h4-14,23,28-29H,1-3H3/b24-22+. The summed E-state index contributed by atoms with van der Waals surface area (Å²) in [5, 5.41) is 21.0. The predicted molar refractivity (Wildman–Crippen MR) is 120 cm³/mol. The number of aliphatic hydroxyl groups is 1. The smallest absolute Gasteiger partial charge is 0.300 e. The van der Waals surface area contributed by atoms with Gasteiger partial charge in [0.15, 0.2) is 0 Å². The minimum Gasteiger partial charge on any atom is -0.508 e. The Balaban J connectivity index is 1.97. The van der Waals surface area contributed by atoms with Gasteiger partial charge in [-0.2, -0.15) is 0 Å². The second-order valence-corrected chi connectivity index (χ2v) is 7.91. The molecule has 0 bridgehead atoms. The maximum Gasteiger partial charge on any atom is 0.300 e. The molecule has 3 aromatic carbocycles. The minimum atomic E-state index is -0.816. The van der Waals surface area contributed by atoms with Gasteiger partial charge in [0.05, 0.1) is 11.6 Å². The molecule has 5 heteroatoms. The van der Waals surface area contributed by atoms with Crippen LogP contribution in [0, 0.1) is 20.8 Å². The van der Waals surface area contributed by atoms with Gasteiger partial charge in [0.2, 0.25) is 0 Å². The number of nitrogens with zero attached hydrogens (tertiary/aromatic N) is 1. The highest BCUT2D eigenvalue weighted by molar-refractivity contribution is 6.51. The van der Waals surface area contributed by atoms with E-state index in [2.05, 4.69) is 0 Å². The lowest BCUT2D eigenvalue weighted by Gasteiger charge is -2.25. The minimum absolute atomic E-state index is 0.0324. The van der Waals surface area contributed by atoms with Crippen LogP contribution in [0.2, 0.25) is 0 Å². The predicted octanol–water partition coefficient (Wildman–Crippen LogP) is 4.94. The van der Waals surface area contributed by atoms with E-state index in [1.807, 2.05) is 45.0 Å². The number of carbonyl (C=O) groups is 2. The van der Waals surface area contributed by atoms with E-state index in [1.165, 1.54) is 17.0 Å². The van der Waals surface area contributed by atoms with E-state index in [-0.39, 0.29) is 17.1 Å². The number of hydrogen-bond acceptors (Lipinski definition) is 4. The van der Waals surface area contributed by atoms with Crippen molar-refractivity contribution in [2.45, 2.75) is 26.8 Å². The van der Waals surface area contributed by atoms with E-state index in [0.29, 0.717) is 16.8 Å². The molecule has 0 aromatic heterocycles. The summed E-state index contributed by atoms with van der Waals surface area (Å²) in [6.07, 6.45) is 0. The summed E-state index contributed by atoms with van der Waals surface area (Å²) >= 11 is 0. The molecule has 0 saturated carbocycles. The molecular weight excluding hydrogens is 390 g/mol. The van der Waals surface area contributed by atoms with Crippen LogP contribution in [0.5, 0.6) is 5.75 Å². The first-order valence-corrected chi connectivity index (χ1v) is 10.0. The monoisotopic (exact) mass is 413 g/mol. The highest BCUT2D eigenvalue weighted by Gasteiger charge is 2.47. The number of aryl methyl sites for hydroxylation is 3. The van der Waals surface area contributed by atoms with Crippen molar-refractivity contribution >= 4 is 23.1 Å². The molecule has 4 rings (SSSR count). The van der Waals surface area contributed by atoms with Gasteiger partial charge in [0, 0.05) is 11.3 Å². The van der Waals surface area contributed by atoms with Crippen molar-refractivity contribution in [1.29, 1.82) is 0 Å². The average Bonchev–Trinajstić information content (AvgIpc) is 3.01. The number of amides is 1. The van der Waals surface area contributed by atoms with Crippen LogP contribution in [-0.2, 0) is 9.59 Å². The Morgan fingerprint density at radius 3 is 2.10 bits per heavy atom. The molecule has 2 N–H and O–H groups in total. The van der Waals surface area contributed by atoms with Crippen LogP contribution in [0.3, 0.4) is 0 Å². The first-order valence-electron chi connectivity index (χ1n) is 10.0. The van der Waals surface area contributed by atoms with E-state index < -0.39 is 17.7 Å². The first kappa shape index (κ1) is 20.4. The highest BCUT2D eigenvalue weighted by Crippen LogP contribution is 2.42. The Hall–Kier alpha value is -3.86. The molecule has 5 nitrogen and oxygen atoms in total. The van der Waals surface area contributed by atoms with Gasteiger partial charge in [0.1, 0.15) is 11.5 Å². The fourth-order valence-corrected chi connectivity index (χ4v) is 3.91. The molecule has 1 aliphatic heterocycles. The quantitative estimate of drug-likeness (QED) is 0.362. The summed E-state index contributed by atoms with van der Waals surface area (Å²) in [4.78, 5) is 27.7. The van der Waals surface area contributed by atoms with Crippen LogP contribution in [0.25, 0.3) is 5.76 Å². The Labute approximate surface area is 180 Å². The number of aliphatic hydroxyl groups excluding tert-OH is 1. The number of carbonyl (C=O) groups excluding carboxylic acids is 2. The topological polar surface area (TPSA) is 77.8 Å². The molecule has 1 unspecified atom stereocenters. The van der Waals surface area contributed by atoms with Crippen LogP contribution in [0.1, 0.15) is 33.9 Å². The number of phenolic OH excluding ortho intramolecular Hbond substituents is 1. The molecule has 1 atom stereocenters. The molecule has 0 radical (unpaired) electrons. The number of benzene rings is 3. The molecule has 1 amide bonds. The number of phenols is 1. The first-order chi connectivity index (χ1) is 14.8. The number of Topliss-reactive ketones (excluding diaryl/α,β-unsaturated/α-hetero) is 1. The lowest BCUT2D eigenvalue weighted by atomic mass is 9.93. The van der Waals surface area contributed by atoms with Crippen LogP contribution in [0.15, 0.2) is 72.3 Å². The van der Waals surface area contributed by atoms with Crippen molar-refractivity contribution in [3.05, 3.63) is 100 Å². The van der Waals surface area contributed by atoms with Crippen LogP contribution in [0.4, 0.5) is 5.69 Å². The molecule has 156 valence electrons. The molecule has 3 aromatic rings. The van der Waals surface area contributed by atoms with Crippen LogP contribution in [-0.4, -0.2) is 21.9 Å². The van der Waals surface area contributed by atoms with Gasteiger partial charge in [-0.3, -0.25) is 14.5 Å². The largest absolute Gasteiger partial charge is 0.508 e. The fourth-order valence-electron chi connectivity index (χ4n) is 3.91. The number of anilines is 1. The summed E-state index contributed by atoms with van der Waals surface area (Å²) in [5.74, 6) is -1.57. The van der Waals surface area contributed by atoms with Gasteiger partial charge in [-0.1, -0.05) is 47.5 Å². The maximum atomic E-state index is 13.2. The van der Waals surface area contributed by atoms with Crippen molar-refractivity contribution in [3.63, 3.8) is 0 Å². The maximum absolute atomic E-state index is 13.2. The normalized spacial score (nSPS) is 17.9. The third kappa shape index (κ3) is 3.59. The molecule has 1 fully saturated rings. The fraction of sp³-hybridized carbons (Fsp3) is 0.154. The van der Waals surface area contributed by atoms with Gasteiger partial charge in [-0.05, 0) is 62.2 Å². The van der Waals surface area contributed by atoms with Crippen molar-refractivity contribution in [3.8, 4) is 5.75 Å². The molecule has 31 heavy (non-hydrogen) atoms. The number of hydrogen-bond donors (Lipinski definition) is 2. The number of rotatable bonds is 3. The highest BCUT2D eigenvalue weighted by atomic mass is 16.3. The molecule has 0 aliphatic carbocycles. The van der Waals surface area contributed by atoms with E-state index in [0.717, 1.165) is 16.7 Å². The third-order valence-electron chi connectivity index (χ3n) is 5.61. The number of ketones is 1. The third-order valence-corrected chi connectivity index (χ3v) is 5.61. The Morgan fingerprint density at radius 2 is 1.45 bits per heavy atom. The zero-order chi connectivity index (χ0) is 22.3. The average molecular weight is 413 g/mol. The zero-order valence-electron chi connectivity index (χ0n) is 17.6. The summed E-state index contributed by atoms with van der Waals surface area (Å²) < 4.78 is 0. The Morgan fingerprint density at radius 1 is 0.839 bits per heavy atom. The van der Waals surface area contributed by atoms with Gasteiger partial charge >= 0.3 is 0 Å². The lowest BCUT2D eigenvalue weighted by Crippen LogP contribution is -2.29. The van der Waals surface area contributed by atoms with Gasteiger partial charge < -0.3 is 10.2 Å². The second kappa shape index (κ2) is 7.76. The second-order valence-electron chi connectivity index (χ2n) is 7.91. The van der Waals surface area contributed by atoms with Crippen molar-refractivity contribution < 1.29 is 19.8 Å². The van der Waals surface area contributed by atoms with E-state index in [9.17, 15) is 19.8 Å². The molecule has 0 spiro atoms. The van der Waals surface area contributed by atoms with Gasteiger partial charge in [-0.25, -0.2) is 0 Å². The van der Waals surface area contributed by atoms with Crippen molar-refractivity contribution in [2.75, 3.05) is 4.90 Å². The van der Waals surface area contributed by atoms with Gasteiger partial charge in [-0.15, -0.1) is 0 Å². The molecule has 1 aliphatic rings. The summed E-state index contributed by atoms with van der Waals surface area (Å²) in [7, 11) is 0. The Bertz CT molecular complexity index is 1210. The zero-order valence-corrected chi connectivity index (χ0v) is 17.6. The van der Waals surface area contributed by atoms with Crippen LogP contribution >= 0.6 is 0 Å². The summed E-state index contributed by atoms with van der Waals surface area (Å²) in [5.41, 5.74) is 4.48. The van der Waals surface area contributed by atoms with E-state index in [4.69, 9.17) is 0 Å². The van der Waals surface area contributed by atoms with Crippen molar-refractivity contribution in [1.82, 2.24) is 0 Å². The van der Waals surface area contributed by atoms with Crippen LogP contribution < -0.4 is 4.90 Å². The lowest BCUT2D eigenvalue weighted by molar-refractivity contribution is -0.132.